The highest BCUT2D eigenvalue weighted by atomic mass is 35.5. The molecule has 1 atom stereocenters. The molecule has 2 aromatic rings. The Labute approximate surface area is 137 Å². The molecule has 23 heavy (non-hydrogen) atoms. The van der Waals surface area contributed by atoms with Gasteiger partial charge in [0.1, 0.15) is 11.9 Å². The molecule has 122 valence electrons. The number of aromatic nitrogens is 2. The zero-order chi connectivity index (χ0) is 16.6. The Kier molecular flexibility index (Phi) is 4.32. The van der Waals surface area contributed by atoms with E-state index in [9.17, 15) is 9.18 Å². The number of rotatable bonds is 2. The Hall–Kier alpha value is -1.99. The maximum Gasteiger partial charge on any atom is 0.255 e. The van der Waals surface area contributed by atoms with Gasteiger partial charge in [-0.3, -0.25) is 9.69 Å². The van der Waals surface area contributed by atoms with E-state index in [0.717, 1.165) is 0 Å². The van der Waals surface area contributed by atoms with Crippen molar-refractivity contribution in [2.75, 3.05) is 26.7 Å². The first-order valence-corrected chi connectivity index (χ1v) is 7.59. The lowest BCUT2D eigenvalue weighted by atomic mass is 10.1. The molecule has 0 unspecified atom stereocenters. The third-order valence-electron chi connectivity index (χ3n) is 3.95. The predicted molar refractivity (Wildman–Crippen MR) is 81.7 cm³/mol. The molecule has 8 heteroatoms. The van der Waals surface area contributed by atoms with Crippen molar-refractivity contribution in [1.82, 2.24) is 19.9 Å². The number of nitrogens with zero attached hydrogens (tertiary/aromatic N) is 4. The fourth-order valence-corrected chi connectivity index (χ4v) is 2.82. The molecule has 1 aliphatic rings. The molecule has 6 nitrogen and oxygen atoms in total. The SMILES string of the molecule is Cc1noc([C@@H]2CN(C(=O)c3cccc(F)c3Cl)CCN2C)n1. The third kappa shape index (κ3) is 3.07. The molecule has 1 aliphatic heterocycles. The van der Waals surface area contributed by atoms with Gasteiger partial charge in [0.05, 0.1) is 10.6 Å². The fourth-order valence-electron chi connectivity index (χ4n) is 2.61. The number of halogens is 2. The molecule has 1 fully saturated rings. The van der Waals surface area contributed by atoms with Gasteiger partial charge in [0.25, 0.3) is 5.91 Å². The second-order valence-electron chi connectivity index (χ2n) is 5.53. The van der Waals surface area contributed by atoms with Crippen molar-refractivity contribution in [1.29, 1.82) is 0 Å². The van der Waals surface area contributed by atoms with Gasteiger partial charge < -0.3 is 9.42 Å². The Balaban J connectivity index is 1.83. The van der Waals surface area contributed by atoms with Crippen LogP contribution in [0.15, 0.2) is 22.7 Å². The van der Waals surface area contributed by atoms with Crippen LogP contribution in [0.5, 0.6) is 0 Å². The van der Waals surface area contributed by atoms with Gasteiger partial charge in [0.15, 0.2) is 5.82 Å². The summed E-state index contributed by atoms with van der Waals surface area (Å²) < 4.78 is 18.8. The first kappa shape index (κ1) is 15.9. The van der Waals surface area contributed by atoms with Crippen LogP contribution in [0.1, 0.15) is 28.1 Å². The summed E-state index contributed by atoms with van der Waals surface area (Å²) in [6, 6.07) is 4.04. The minimum Gasteiger partial charge on any atom is -0.338 e. The van der Waals surface area contributed by atoms with E-state index < -0.39 is 5.82 Å². The Morgan fingerprint density at radius 3 is 2.91 bits per heavy atom. The Morgan fingerprint density at radius 1 is 1.43 bits per heavy atom. The number of amides is 1. The first-order chi connectivity index (χ1) is 11.0. The van der Waals surface area contributed by atoms with Gasteiger partial charge in [-0.05, 0) is 26.1 Å². The van der Waals surface area contributed by atoms with Gasteiger partial charge in [-0.25, -0.2) is 4.39 Å². The smallest absolute Gasteiger partial charge is 0.255 e. The first-order valence-electron chi connectivity index (χ1n) is 7.21. The van der Waals surface area contributed by atoms with Crippen LogP contribution >= 0.6 is 11.6 Å². The molecule has 0 spiro atoms. The second-order valence-corrected chi connectivity index (χ2v) is 5.91. The lowest BCUT2D eigenvalue weighted by Crippen LogP contribution is -2.49. The topological polar surface area (TPSA) is 62.5 Å². The quantitative estimate of drug-likeness (QED) is 0.840. The van der Waals surface area contributed by atoms with Crippen LogP contribution in [0.4, 0.5) is 4.39 Å². The lowest BCUT2D eigenvalue weighted by Gasteiger charge is -2.37. The fraction of sp³-hybridized carbons (Fsp3) is 0.400. The zero-order valence-electron chi connectivity index (χ0n) is 12.8. The van der Waals surface area contributed by atoms with Crippen molar-refractivity contribution in [3.05, 3.63) is 46.3 Å². The van der Waals surface area contributed by atoms with E-state index in [4.69, 9.17) is 16.1 Å². The van der Waals surface area contributed by atoms with Gasteiger partial charge >= 0.3 is 0 Å². The maximum absolute atomic E-state index is 13.6. The number of likely N-dealkylation sites (N-methyl/N-ethyl adjacent to an activating group) is 1. The highest BCUT2D eigenvalue weighted by molar-refractivity contribution is 6.34. The van der Waals surface area contributed by atoms with E-state index in [1.807, 2.05) is 11.9 Å². The zero-order valence-corrected chi connectivity index (χ0v) is 13.5. The van der Waals surface area contributed by atoms with E-state index in [1.54, 1.807) is 11.8 Å². The number of carbonyl (C=O) groups excluding carboxylic acids is 1. The molecular weight excluding hydrogens is 323 g/mol. The van der Waals surface area contributed by atoms with Crippen molar-refractivity contribution in [2.24, 2.45) is 0 Å². The van der Waals surface area contributed by atoms with Crippen LogP contribution in [0.3, 0.4) is 0 Å². The number of hydrogen-bond acceptors (Lipinski definition) is 5. The summed E-state index contributed by atoms with van der Waals surface area (Å²) in [7, 11) is 1.93. The van der Waals surface area contributed by atoms with E-state index in [1.165, 1.54) is 18.2 Å². The molecule has 0 N–H and O–H groups in total. The number of piperazine rings is 1. The average molecular weight is 339 g/mol. The molecule has 0 saturated carbocycles. The molecule has 2 heterocycles. The molecule has 0 aliphatic carbocycles. The van der Waals surface area contributed by atoms with Gasteiger partial charge in [-0.15, -0.1) is 0 Å². The standard InChI is InChI=1S/C15H16ClFN4O2/c1-9-18-14(23-19-9)12-8-21(7-6-20(12)2)15(22)10-4-3-5-11(17)13(10)16/h3-5,12H,6-8H2,1-2H3/t12-/m0/s1. The third-order valence-corrected chi connectivity index (χ3v) is 4.33. The van der Waals surface area contributed by atoms with Crippen molar-refractivity contribution in [2.45, 2.75) is 13.0 Å². The van der Waals surface area contributed by atoms with Crippen LogP contribution in [-0.4, -0.2) is 52.5 Å². The lowest BCUT2D eigenvalue weighted by molar-refractivity contribution is 0.0488. The summed E-state index contributed by atoms with van der Waals surface area (Å²) in [5, 5.41) is 3.64. The molecule has 3 rings (SSSR count). The summed E-state index contributed by atoms with van der Waals surface area (Å²) >= 11 is 5.92. The van der Waals surface area contributed by atoms with E-state index in [2.05, 4.69) is 10.1 Å². The Morgan fingerprint density at radius 2 is 2.22 bits per heavy atom. The minimum atomic E-state index is -0.601. The van der Waals surface area contributed by atoms with Gasteiger partial charge in [0, 0.05) is 19.6 Å². The minimum absolute atomic E-state index is 0.151. The summed E-state index contributed by atoms with van der Waals surface area (Å²) in [4.78, 5) is 20.6. The van der Waals surface area contributed by atoms with Crippen molar-refractivity contribution < 1.29 is 13.7 Å². The highest BCUT2D eigenvalue weighted by Gasteiger charge is 2.33. The molecule has 1 aromatic carbocycles. The van der Waals surface area contributed by atoms with Crippen LogP contribution in [-0.2, 0) is 0 Å². The summed E-state index contributed by atoms with van der Waals surface area (Å²) in [5.41, 5.74) is 0.164. The summed E-state index contributed by atoms with van der Waals surface area (Å²) in [6.07, 6.45) is 0. The van der Waals surface area contributed by atoms with Crippen molar-refractivity contribution in [3.63, 3.8) is 0 Å². The molecular formula is C15H16ClFN4O2. The molecule has 1 amide bonds. The van der Waals surface area contributed by atoms with Crippen LogP contribution in [0, 0.1) is 12.7 Å². The monoisotopic (exact) mass is 338 g/mol. The summed E-state index contributed by atoms with van der Waals surface area (Å²) in [6.45, 7) is 3.28. The Bertz CT molecular complexity index is 736. The van der Waals surface area contributed by atoms with Crippen molar-refractivity contribution in [3.8, 4) is 0 Å². The number of benzene rings is 1. The highest BCUT2D eigenvalue weighted by Crippen LogP contribution is 2.26. The molecule has 0 bridgehead atoms. The maximum atomic E-state index is 13.6. The van der Waals surface area contributed by atoms with Crippen LogP contribution in [0.2, 0.25) is 5.02 Å². The van der Waals surface area contributed by atoms with E-state index >= 15 is 0 Å². The normalized spacial score (nSPS) is 19.1. The molecule has 1 saturated heterocycles. The van der Waals surface area contributed by atoms with Crippen LogP contribution < -0.4 is 0 Å². The van der Waals surface area contributed by atoms with Gasteiger partial charge in [-0.1, -0.05) is 22.8 Å². The predicted octanol–water partition coefficient (Wildman–Crippen LogP) is 2.30. The summed E-state index contributed by atoms with van der Waals surface area (Å²) in [5.74, 6) is 0.109. The van der Waals surface area contributed by atoms with Crippen molar-refractivity contribution >= 4 is 17.5 Å². The molecule has 1 aromatic heterocycles. The number of aryl methyl sites for hydroxylation is 1. The largest absolute Gasteiger partial charge is 0.338 e. The average Bonchev–Trinajstić information content (AvgIpc) is 2.96. The van der Waals surface area contributed by atoms with E-state index in [-0.39, 0.29) is 22.5 Å². The molecule has 0 radical (unpaired) electrons. The van der Waals surface area contributed by atoms with Gasteiger partial charge in [0.2, 0.25) is 5.89 Å². The van der Waals surface area contributed by atoms with E-state index in [0.29, 0.717) is 31.3 Å². The number of hydrogen-bond donors (Lipinski definition) is 0. The van der Waals surface area contributed by atoms with Crippen LogP contribution in [0.25, 0.3) is 0 Å². The van der Waals surface area contributed by atoms with Gasteiger partial charge in [-0.2, -0.15) is 4.98 Å². The number of carbonyl (C=O) groups is 1. The second kappa shape index (κ2) is 6.25.